The molecule has 1 aromatic rings. The Labute approximate surface area is 124 Å². The molecule has 1 saturated carbocycles. The second-order valence-electron chi connectivity index (χ2n) is 5.92. The van der Waals surface area contributed by atoms with Crippen molar-refractivity contribution in [2.24, 2.45) is 11.8 Å². The van der Waals surface area contributed by atoms with Gasteiger partial charge in [-0.3, -0.25) is 9.59 Å². The highest BCUT2D eigenvalue weighted by Gasteiger charge is 2.40. The van der Waals surface area contributed by atoms with E-state index < -0.39 is 0 Å². The van der Waals surface area contributed by atoms with Gasteiger partial charge in [-0.2, -0.15) is 0 Å². The Morgan fingerprint density at radius 2 is 2.00 bits per heavy atom. The maximum Gasteiger partial charge on any atom is 0.223 e. The average Bonchev–Trinajstić information content (AvgIpc) is 2.54. The van der Waals surface area contributed by atoms with Gasteiger partial charge in [-0.1, -0.05) is 36.8 Å². The first-order valence-electron chi connectivity index (χ1n) is 7.73. The summed E-state index contributed by atoms with van der Waals surface area (Å²) in [6.45, 7) is 0.839. The SMILES string of the molecule is O=C(COC1CCCC2C(=O)NCCC12)c1ccccc1. The van der Waals surface area contributed by atoms with Crippen molar-refractivity contribution >= 4 is 11.7 Å². The van der Waals surface area contributed by atoms with Crippen LogP contribution in [0.1, 0.15) is 36.0 Å². The lowest BCUT2D eigenvalue weighted by atomic mass is 9.73. The van der Waals surface area contributed by atoms with Crippen LogP contribution in [0.25, 0.3) is 0 Å². The minimum Gasteiger partial charge on any atom is -0.370 e. The number of amides is 1. The molecule has 1 heterocycles. The van der Waals surface area contributed by atoms with Gasteiger partial charge in [-0.15, -0.1) is 0 Å². The van der Waals surface area contributed by atoms with Crippen molar-refractivity contribution in [1.82, 2.24) is 5.32 Å². The Morgan fingerprint density at radius 3 is 2.81 bits per heavy atom. The number of benzene rings is 1. The third-order valence-corrected chi connectivity index (χ3v) is 4.64. The van der Waals surface area contributed by atoms with Gasteiger partial charge in [0.25, 0.3) is 0 Å². The quantitative estimate of drug-likeness (QED) is 0.864. The van der Waals surface area contributed by atoms with Gasteiger partial charge in [-0.25, -0.2) is 0 Å². The van der Waals surface area contributed by atoms with Crippen LogP contribution in [0.15, 0.2) is 30.3 Å². The van der Waals surface area contributed by atoms with Crippen LogP contribution >= 0.6 is 0 Å². The fraction of sp³-hybridized carbons (Fsp3) is 0.529. The zero-order chi connectivity index (χ0) is 14.7. The molecule has 0 aromatic heterocycles. The molecule has 4 nitrogen and oxygen atoms in total. The summed E-state index contributed by atoms with van der Waals surface area (Å²) >= 11 is 0. The van der Waals surface area contributed by atoms with Crippen molar-refractivity contribution in [3.05, 3.63) is 35.9 Å². The minimum atomic E-state index is 0.0120. The second-order valence-corrected chi connectivity index (χ2v) is 5.92. The van der Waals surface area contributed by atoms with Gasteiger partial charge in [0.1, 0.15) is 6.61 Å². The molecule has 3 unspecified atom stereocenters. The van der Waals surface area contributed by atoms with Crippen LogP contribution in [-0.4, -0.2) is 30.9 Å². The Morgan fingerprint density at radius 1 is 1.19 bits per heavy atom. The van der Waals surface area contributed by atoms with Crippen molar-refractivity contribution < 1.29 is 14.3 Å². The number of hydrogen-bond donors (Lipinski definition) is 1. The number of carbonyl (C=O) groups is 2. The molecule has 3 atom stereocenters. The summed E-state index contributed by atoms with van der Waals surface area (Å²) in [5.41, 5.74) is 0.686. The zero-order valence-corrected chi connectivity index (χ0v) is 12.1. The summed E-state index contributed by atoms with van der Waals surface area (Å²) in [5, 5.41) is 2.93. The first kappa shape index (κ1) is 14.3. The van der Waals surface area contributed by atoms with E-state index in [1.54, 1.807) is 0 Å². The van der Waals surface area contributed by atoms with Crippen LogP contribution in [0.5, 0.6) is 0 Å². The van der Waals surface area contributed by atoms with E-state index in [2.05, 4.69) is 5.32 Å². The predicted molar refractivity (Wildman–Crippen MR) is 79.0 cm³/mol. The Bertz CT molecular complexity index is 514. The summed E-state index contributed by atoms with van der Waals surface area (Å²) in [6, 6.07) is 9.22. The molecular weight excluding hydrogens is 266 g/mol. The van der Waals surface area contributed by atoms with E-state index in [1.807, 2.05) is 30.3 Å². The van der Waals surface area contributed by atoms with Gasteiger partial charge in [0.05, 0.1) is 6.10 Å². The van der Waals surface area contributed by atoms with Gasteiger partial charge in [0.15, 0.2) is 5.78 Å². The van der Waals surface area contributed by atoms with Crippen molar-refractivity contribution in [3.63, 3.8) is 0 Å². The number of ketones is 1. The summed E-state index contributed by atoms with van der Waals surface area (Å²) in [5.74, 6) is 0.521. The highest BCUT2D eigenvalue weighted by molar-refractivity contribution is 5.97. The number of Topliss-reactive ketones (excluding diaryl/α,β-unsaturated/α-hetero) is 1. The zero-order valence-electron chi connectivity index (χ0n) is 12.1. The third kappa shape index (κ3) is 3.16. The van der Waals surface area contributed by atoms with Gasteiger partial charge in [0.2, 0.25) is 5.91 Å². The number of carbonyl (C=O) groups excluding carboxylic acids is 2. The van der Waals surface area contributed by atoms with Crippen molar-refractivity contribution in [2.75, 3.05) is 13.2 Å². The molecule has 3 rings (SSSR count). The molecule has 21 heavy (non-hydrogen) atoms. The first-order valence-corrected chi connectivity index (χ1v) is 7.73. The molecule has 1 aromatic carbocycles. The van der Waals surface area contributed by atoms with E-state index in [0.29, 0.717) is 5.56 Å². The summed E-state index contributed by atoms with van der Waals surface area (Å²) in [6.07, 6.45) is 3.90. The van der Waals surface area contributed by atoms with E-state index in [-0.39, 0.29) is 36.2 Å². The van der Waals surface area contributed by atoms with E-state index in [1.165, 1.54) is 0 Å². The van der Waals surface area contributed by atoms with Crippen LogP contribution in [0.4, 0.5) is 0 Å². The van der Waals surface area contributed by atoms with Gasteiger partial charge in [-0.05, 0) is 25.2 Å². The van der Waals surface area contributed by atoms with Gasteiger partial charge in [0, 0.05) is 18.0 Å². The number of piperidine rings is 1. The molecule has 1 aliphatic heterocycles. The van der Waals surface area contributed by atoms with Crippen LogP contribution in [0.2, 0.25) is 0 Å². The summed E-state index contributed by atoms with van der Waals surface area (Å²) < 4.78 is 5.89. The Kier molecular flexibility index (Phi) is 4.34. The van der Waals surface area contributed by atoms with Crippen LogP contribution < -0.4 is 5.32 Å². The number of ether oxygens (including phenoxy) is 1. The van der Waals surface area contributed by atoms with Crippen molar-refractivity contribution in [2.45, 2.75) is 31.8 Å². The molecule has 0 bridgehead atoms. The Balaban J connectivity index is 1.59. The molecule has 2 fully saturated rings. The lowest BCUT2D eigenvalue weighted by Gasteiger charge is -2.40. The van der Waals surface area contributed by atoms with Gasteiger partial charge >= 0.3 is 0 Å². The van der Waals surface area contributed by atoms with Crippen molar-refractivity contribution in [1.29, 1.82) is 0 Å². The smallest absolute Gasteiger partial charge is 0.223 e. The first-order chi connectivity index (χ1) is 10.3. The number of fused-ring (bicyclic) bond motifs is 1. The molecule has 1 N–H and O–H groups in total. The molecular formula is C17H21NO3. The van der Waals surface area contributed by atoms with E-state index in [9.17, 15) is 9.59 Å². The van der Waals surface area contributed by atoms with E-state index in [0.717, 1.165) is 32.2 Å². The topological polar surface area (TPSA) is 55.4 Å². The lowest BCUT2D eigenvalue weighted by Crippen LogP contribution is -2.49. The van der Waals surface area contributed by atoms with Crippen LogP contribution in [0, 0.1) is 11.8 Å². The maximum atomic E-state index is 12.1. The predicted octanol–water partition coefficient (Wildman–Crippen LogP) is 2.19. The van der Waals surface area contributed by atoms with Crippen LogP contribution in [-0.2, 0) is 9.53 Å². The monoisotopic (exact) mass is 287 g/mol. The fourth-order valence-corrected chi connectivity index (χ4v) is 3.53. The minimum absolute atomic E-state index is 0.0120. The highest BCUT2D eigenvalue weighted by atomic mass is 16.5. The molecule has 4 heteroatoms. The molecule has 1 amide bonds. The molecule has 1 aliphatic carbocycles. The largest absolute Gasteiger partial charge is 0.370 e. The standard InChI is InChI=1S/C17H21NO3/c19-15(12-5-2-1-3-6-12)11-21-16-8-4-7-14-13(16)9-10-18-17(14)20/h1-3,5-6,13-14,16H,4,7-11H2,(H,18,20). The van der Waals surface area contributed by atoms with E-state index in [4.69, 9.17) is 4.74 Å². The van der Waals surface area contributed by atoms with Crippen molar-refractivity contribution in [3.8, 4) is 0 Å². The van der Waals surface area contributed by atoms with Crippen LogP contribution in [0.3, 0.4) is 0 Å². The number of hydrogen-bond acceptors (Lipinski definition) is 3. The molecule has 0 spiro atoms. The normalized spacial score (nSPS) is 28.6. The summed E-state index contributed by atoms with van der Waals surface area (Å²) in [7, 11) is 0. The molecule has 2 aliphatic rings. The molecule has 0 radical (unpaired) electrons. The molecule has 112 valence electrons. The third-order valence-electron chi connectivity index (χ3n) is 4.64. The second kappa shape index (κ2) is 6.39. The maximum absolute atomic E-state index is 12.1. The fourth-order valence-electron chi connectivity index (χ4n) is 3.53. The van der Waals surface area contributed by atoms with E-state index >= 15 is 0 Å². The highest BCUT2D eigenvalue weighted by Crippen LogP contribution is 2.36. The number of rotatable bonds is 4. The average molecular weight is 287 g/mol. The Hall–Kier alpha value is -1.68. The van der Waals surface area contributed by atoms with Gasteiger partial charge < -0.3 is 10.1 Å². The lowest BCUT2D eigenvalue weighted by molar-refractivity contribution is -0.135. The molecule has 1 saturated heterocycles. The summed E-state index contributed by atoms with van der Waals surface area (Å²) in [4.78, 5) is 24.0. The number of nitrogens with one attached hydrogen (secondary N) is 1.